The van der Waals surface area contributed by atoms with Crippen molar-refractivity contribution >= 4 is 0 Å². The van der Waals surface area contributed by atoms with Crippen molar-refractivity contribution in [1.29, 1.82) is 0 Å². The number of aromatic nitrogens is 1. The Morgan fingerprint density at radius 1 is 1.62 bits per heavy atom. The average molecular weight is 176 g/mol. The summed E-state index contributed by atoms with van der Waals surface area (Å²) in [4.78, 5) is 4.33. The van der Waals surface area contributed by atoms with Gasteiger partial charge in [0.25, 0.3) is 0 Å². The van der Waals surface area contributed by atoms with Crippen LogP contribution >= 0.6 is 0 Å². The van der Waals surface area contributed by atoms with Gasteiger partial charge >= 0.3 is 0 Å². The van der Waals surface area contributed by atoms with Gasteiger partial charge in [0.05, 0.1) is 12.2 Å². The summed E-state index contributed by atoms with van der Waals surface area (Å²) in [5.41, 5.74) is 2.41. The number of nitrogens with zero attached hydrogens (tertiary/aromatic N) is 1. The van der Waals surface area contributed by atoms with Gasteiger partial charge < -0.3 is 5.32 Å². The summed E-state index contributed by atoms with van der Waals surface area (Å²) >= 11 is 0. The lowest BCUT2D eigenvalue weighted by Gasteiger charge is -2.10. The first-order chi connectivity index (χ1) is 6.25. The number of hydrogen-bond donors (Lipinski definition) is 1. The summed E-state index contributed by atoms with van der Waals surface area (Å²) < 4.78 is 0. The minimum atomic E-state index is 0.523. The maximum absolute atomic E-state index is 4.33. The first-order valence-electron chi connectivity index (χ1n) is 4.53. The third-order valence-corrected chi connectivity index (χ3v) is 1.96. The van der Waals surface area contributed by atoms with Crippen LogP contribution in [0.2, 0.25) is 0 Å². The molecule has 0 spiro atoms. The lowest BCUT2D eigenvalue weighted by molar-refractivity contribution is 0.774. The SMILES string of the molecule is C=CNCc1ncccc1C(C)C. The van der Waals surface area contributed by atoms with Gasteiger partial charge in [-0.1, -0.05) is 26.5 Å². The zero-order valence-electron chi connectivity index (χ0n) is 8.25. The van der Waals surface area contributed by atoms with Crippen molar-refractivity contribution in [3.05, 3.63) is 42.4 Å². The van der Waals surface area contributed by atoms with Crippen LogP contribution in [0.3, 0.4) is 0 Å². The molecule has 0 atom stereocenters. The predicted molar refractivity (Wildman–Crippen MR) is 55.4 cm³/mol. The summed E-state index contributed by atoms with van der Waals surface area (Å²) in [5.74, 6) is 0.523. The molecule has 0 amide bonds. The predicted octanol–water partition coefficient (Wildman–Crippen LogP) is 2.44. The van der Waals surface area contributed by atoms with Crippen molar-refractivity contribution in [2.24, 2.45) is 0 Å². The van der Waals surface area contributed by atoms with E-state index in [0.29, 0.717) is 5.92 Å². The monoisotopic (exact) mass is 176 g/mol. The normalized spacial score (nSPS) is 10.1. The Bertz CT molecular complexity index is 279. The van der Waals surface area contributed by atoms with Gasteiger partial charge in [-0.2, -0.15) is 0 Å². The highest BCUT2D eigenvalue weighted by atomic mass is 14.9. The van der Waals surface area contributed by atoms with Crippen molar-refractivity contribution in [3.8, 4) is 0 Å². The Kier molecular flexibility index (Phi) is 3.50. The molecule has 0 unspecified atom stereocenters. The summed E-state index contributed by atoms with van der Waals surface area (Å²) in [6.45, 7) is 8.72. The van der Waals surface area contributed by atoms with E-state index in [1.54, 1.807) is 6.20 Å². The molecular weight excluding hydrogens is 160 g/mol. The molecule has 1 N–H and O–H groups in total. The molecule has 2 heteroatoms. The molecule has 0 saturated heterocycles. The van der Waals surface area contributed by atoms with E-state index < -0.39 is 0 Å². The van der Waals surface area contributed by atoms with Crippen molar-refractivity contribution in [1.82, 2.24) is 10.3 Å². The zero-order valence-corrected chi connectivity index (χ0v) is 8.25. The van der Waals surface area contributed by atoms with E-state index in [1.807, 2.05) is 12.3 Å². The molecular formula is C11H16N2. The molecule has 1 aromatic heterocycles. The van der Waals surface area contributed by atoms with Gasteiger partial charge in [0.15, 0.2) is 0 Å². The summed E-state index contributed by atoms with van der Waals surface area (Å²) in [6.07, 6.45) is 3.52. The average Bonchev–Trinajstić information content (AvgIpc) is 2.15. The molecule has 0 fully saturated rings. The second kappa shape index (κ2) is 4.65. The quantitative estimate of drug-likeness (QED) is 0.762. The second-order valence-corrected chi connectivity index (χ2v) is 3.28. The fourth-order valence-corrected chi connectivity index (χ4v) is 1.29. The van der Waals surface area contributed by atoms with Gasteiger partial charge in [-0.15, -0.1) is 0 Å². The fourth-order valence-electron chi connectivity index (χ4n) is 1.29. The highest BCUT2D eigenvalue weighted by Crippen LogP contribution is 2.16. The first-order valence-corrected chi connectivity index (χ1v) is 4.53. The molecule has 1 aromatic rings. The Labute approximate surface area is 79.7 Å². The van der Waals surface area contributed by atoms with Crippen LogP contribution in [0.25, 0.3) is 0 Å². The van der Waals surface area contributed by atoms with E-state index >= 15 is 0 Å². The van der Waals surface area contributed by atoms with Crippen LogP contribution in [0, 0.1) is 0 Å². The van der Waals surface area contributed by atoms with E-state index in [0.717, 1.165) is 12.2 Å². The lowest BCUT2D eigenvalue weighted by atomic mass is 10.0. The van der Waals surface area contributed by atoms with Crippen molar-refractivity contribution in [2.75, 3.05) is 0 Å². The zero-order chi connectivity index (χ0) is 9.68. The van der Waals surface area contributed by atoms with Gasteiger partial charge in [-0.05, 0) is 23.7 Å². The molecule has 0 aromatic carbocycles. The maximum Gasteiger partial charge on any atom is 0.0628 e. The van der Waals surface area contributed by atoms with Gasteiger partial charge in [0, 0.05) is 6.20 Å². The van der Waals surface area contributed by atoms with E-state index in [1.165, 1.54) is 5.56 Å². The third kappa shape index (κ3) is 2.58. The minimum Gasteiger partial charge on any atom is -0.386 e. The van der Waals surface area contributed by atoms with Crippen molar-refractivity contribution in [2.45, 2.75) is 26.3 Å². The first kappa shape index (κ1) is 9.78. The largest absolute Gasteiger partial charge is 0.386 e. The molecule has 1 heterocycles. The summed E-state index contributed by atoms with van der Waals surface area (Å²) in [6, 6.07) is 4.10. The maximum atomic E-state index is 4.33. The van der Waals surface area contributed by atoms with E-state index in [9.17, 15) is 0 Å². The van der Waals surface area contributed by atoms with Crippen LogP contribution in [0.4, 0.5) is 0 Å². The number of rotatable bonds is 4. The Balaban J connectivity index is 2.84. The van der Waals surface area contributed by atoms with E-state index in [2.05, 4.69) is 36.8 Å². The summed E-state index contributed by atoms with van der Waals surface area (Å²) in [5, 5.41) is 3.06. The number of nitrogens with one attached hydrogen (secondary N) is 1. The molecule has 0 saturated carbocycles. The van der Waals surface area contributed by atoms with Crippen LogP contribution in [-0.4, -0.2) is 4.98 Å². The van der Waals surface area contributed by atoms with E-state index in [-0.39, 0.29) is 0 Å². The topological polar surface area (TPSA) is 24.9 Å². The van der Waals surface area contributed by atoms with Crippen LogP contribution in [0.1, 0.15) is 31.0 Å². The van der Waals surface area contributed by atoms with Crippen LogP contribution in [-0.2, 0) is 6.54 Å². The molecule has 0 aliphatic carbocycles. The summed E-state index contributed by atoms with van der Waals surface area (Å²) in [7, 11) is 0. The van der Waals surface area contributed by atoms with Gasteiger partial charge in [0.2, 0.25) is 0 Å². The Morgan fingerprint density at radius 2 is 2.38 bits per heavy atom. The van der Waals surface area contributed by atoms with Gasteiger partial charge in [0.1, 0.15) is 0 Å². The third-order valence-electron chi connectivity index (χ3n) is 1.96. The molecule has 13 heavy (non-hydrogen) atoms. The Hall–Kier alpha value is -1.31. The molecule has 0 aliphatic heterocycles. The second-order valence-electron chi connectivity index (χ2n) is 3.28. The Morgan fingerprint density at radius 3 is 3.00 bits per heavy atom. The van der Waals surface area contributed by atoms with Crippen LogP contribution < -0.4 is 5.32 Å². The number of pyridine rings is 1. The van der Waals surface area contributed by atoms with Crippen molar-refractivity contribution in [3.63, 3.8) is 0 Å². The van der Waals surface area contributed by atoms with E-state index in [4.69, 9.17) is 0 Å². The fraction of sp³-hybridized carbons (Fsp3) is 0.364. The minimum absolute atomic E-state index is 0.523. The standard InChI is InChI=1S/C11H16N2/c1-4-12-8-11-10(9(2)3)6-5-7-13-11/h4-7,9,12H,1,8H2,2-3H3. The number of hydrogen-bond acceptors (Lipinski definition) is 2. The molecule has 0 bridgehead atoms. The highest BCUT2D eigenvalue weighted by Gasteiger charge is 2.05. The molecule has 1 rings (SSSR count). The highest BCUT2D eigenvalue weighted by molar-refractivity contribution is 5.23. The molecule has 0 radical (unpaired) electrons. The molecule has 2 nitrogen and oxygen atoms in total. The van der Waals surface area contributed by atoms with Crippen LogP contribution in [0.5, 0.6) is 0 Å². The molecule has 0 aliphatic rings. The van der Waals surface area contributed by atoms with Gasteiger partial charge in [-0.25, -0.2) is 0 Å². The van der Waals surface area contributed by atoms with Gasteiger partial charge in [-0.3, -0.25) is 4.98 Å². The smallest absolute Gasteiger partial charge is 0.0628 e. The molecule has 70 valence electrons. The van der Waals surface area contributed by atoms with Crippen molar-refractivity contribution < 1.29 is 0 Å². The lowest BCUT2D eigenvalue weighted by Crippen LogP contribution is -2.09. The van der Waals surface area contributed by atoms with Crippen LogP contribution in [0.15, 0.2) is 31.1 Å².